The Morgan fingerprint density at radius 2 is 2.10 bits per heavy atom. The van der Waals surface area contributed by atoms with Crippen molar-refractivity contribution in [3.63, 3.8) is 0 Å². The molecule has 5 heteroatoms. The quantitative estimate of drug-likeness (QED) is 0.834. The number of likely N-dealkylation sites (N-methyl/N-ethyl adjacent to an activating group) is 1. The average Bonchev–Trinajstić information content (AvgIpc) is 2.96. The molecule has 0 aromatic heterocycles. The highest BCUT2D eigenvalue weighted by molar-refractivity contribution is 5.80. The van der Waals surface area contributed by atoms with Gasteiger partial charge in [0.15, 0.2) is 0 Å². The molecule has 1 heterocycles. The third-order valence-electron chi connectivity index (χ3n) is 3.86. The molecular weight excluding hydrogens is 268 g/mol. The van der Waals surface area contributed by atoms with Gasteiger partial charge in [0.1, 0.15) is 5.75 Å². The van der Waals surface area contributed by atoms with Crippen LogP contribution in [0.2, 0.25) is 0 Å². The van der Waals surface area contributed by atoms with Crippen LogP contribution in [0.5, 0.6) is 5.75 Å². The molecule has 1 fully saturated rings. The molecule has 0 bridgehead atoms. The summed E-state index contributed by atoms with van der Waals surface area (Å²) >= 11 is 0. The van der Waals surface area contributed by atoms with Crippen molar-refractivity contribution < 1.29 is 14.3 Å². The van der Waals surface area contributed by atoms with Crippen molar-refractivity contribution in [2.45, 2.75) is 25.9 Å². The maximum Gasteiger partial charge on any atom is 0.227 e. The minimum absolute atomic E-state index is 0.0358. The van der Waals surface area contributed by atoms with Crippen molar-refractivity contribution in [3.8, 4) is 5.75 Å². The van der Waals surface area contributed by atoms with E-state index in [1.807, 2.05) is 38.1 Å². The Morgan fingerprint density at radius 1 is 1.38 bits per heavy atom. The van der Waals surface area contributed by atoms with Gasteiger partial charge in [0, 0.05) is 6.04 Å². The summed E-state index contributed by atoms with van der Waals surface area (Å²) in [5.41, 5.74) is 1.06. The highest BCUT2D eigenvalue weighted by Gasteiger charge is 2.33. The van der Waals surface area contributed by atoms with Crippen LogP contribution in [0.15, 0.2) is 24.3 Å². The minimum atomic E-state index is -0.120. The van der Waals surface area contributed by atoms with Gasteiger partial charge in [0.2, 0.25) is 5.91 Å². The second kappa shape index (κ2) is 7.43. The number of benzene rings is 1. The number of carbonyl (C=O) groups is 1. The molecule has 2 rings (SSSR count). The van der Waals surface area contributed by atoms with E-state index >= 15 is 0 Å². The van der Waals surface area contributed by atoms with Gasteiger partial charge in [-0.1, -0.05) is 19.1 Å². The zero-order valence-corrected chi connectivity index (χ0v) is 12.9. The molecule has 0 radical (unpaired) electrons. The fourth-order valence-electron chi connectivity index (χ4n) is 2.57. The number of rotatable bonds is 6. The Bertz CT molecular complexity index is 461. The van der Waals surface area contributed by atoms with Gasteiger partial charge in [-0.25, -0.2) is 0 Å². The van der Waals surface area contributed by atoms with Crippen LogP contribution in [-0.4, -0.2) is 38.8 Å². The summed E-state index contributed by atoms with van der Waals surface area (Å²) in [6.07, 6.45) is 0. The summed E-state index contributed by atoms with van der Waals surface area (Å²) in [7, 11) is 1.64. The molecule has 3 atom stereocenters. The molecule has 5 nitrogen and oxygen atoms in total. The van der Waals surface area contributed by atoms with E-state index in [-0.39, 0.29) is 23.9 Å². The Hall–Kier alpha value is -1.59. The first-order chi connectivity index (χ1) is 10.2. The number of amides is 1. The molecule has 1 amide bonds. The number of methoxy groups -OCH3 is 1. The van der Waals surface area contributed by atoms with Crippen LogP contribution in [0, 0.1) is 5.92 Å². The maximum atomic E-state index is 12.4. The fourth-order valence-corrected chi connectivity index (χ4v) is 2.57. The zero-order valence-electron chi connectivity index (χ0n) is 12.9. The molecular formula is C16H24N2O3. The molecule has 2 N–H and O–H groups in total. The van der Waals surface area contributed by atoms with Crippen LogP contribution in [0.4, 0.5) is 0 Å². The lowest BCUT2D eigenvalue weighted by Crippen LogP contribution is -2.44. The molecule has 21 heavy (non-hydrogen) atoms. The van der Waals surface area contributed by atoms with E-state index in [4.69, 9.17) is 9.47 Å². The third kappa shape index (κ3) is 3.95. The summed E-state index contributed by atoms with van der Waals surface area (Å²) in [6, 6.07) is 7.81. The molecule has 1 saturated heterocycles. The minimum Gasteiger partial charge on any atom is -0.497 e. The Kier molecular flexibility index (Phi) is 5.59. The van der Waals surface area contributed by atoms with Crippen molar-refractivity contribution in [1.82, 2.24) is 10.6 Å². The summed E-state index contributed by atoms with van der Waals surface area (Å²) in [6.45, 7) is 5.94. The monoisotopic (exact) mass is 292 g/mol. The molecule has 116 valence electrons. The number of hydrogen-bond donors (Lipinski definition) is 2. The summed E-state index contributed by atoms with van der Waals surface area (Å²) in [5.74, 6) is 0.737. The van der Waals surface area contributed by atoms with Gasteiger partial charge in [0.05, 0.1) is 32.3 Å². The van der Waals surface area contributed by atoms with Gasteiger partial charge >= 0.3 is 0 Å². The lowest BCUT2D eigenvalue weighted by molar-refractivity contribution is -0.126. The molecule has 1 aliphatic rings. The van der Waals surface area contributed by atoms with Crippen LogP contribution in [0.25, 0.3) is 0 Å². The average molecular weight is 292 g/mol. The van der Waals surface area contributed by atoms with E-state index in [0.29, 0.717) is 13.2 Å². The standard InChI is InChI=1S/C16H24N2O3/c1-4-17-15-10-21-9-14(15)16(19)18-11(2)12-5-7-13(20-3)8-6-12/h5-8,11,14-15,17H,4,9-10H2,1-3H3,(H,18,19)/t11-,14?,15?/m1/s1. The van der Waals surface area contributed by atoms with Crippen LogP contribution >= 0.6 is 0 Å². The predicted octanol–water partition coefficient (Wildman–Crippen LogP) is 1.50. The van der Waals surface area contributed by atoms with Crippen molar-refractivity contribution in [2.75, 3.05) is 26.9 Å². The fraction of sp³-hybridized carbons (Fsp3) is 0.562. The first-order valence-corrected chi connectivity index (χ1v) is 7.41. The summed E-state index contributed by atoms with van der Waals surface area (Å²) in [5, 5.41) is 6.37. The number of carbonyl (C=O) groups excluding carboxylic acids is 1. The Labute approximate surface area is 126 Å². The zero-order chi connectivity index (χ0) is 15.2. The van der Waals surface area contributed by atoms with E-state index in [1.54, 1.807) is 7.11 Å². The second-order valence-corrected chi connectivity index (χ2v) is 5.31. The molecule has 1 aliphatic heterocycles. The molecule has 0 aliphatic carbocycles. The maximum absolute atomic E-state index is 12.4. The van der Waals surface area contributed by atoms with E-state index in [9.17, 15) is 4.79 Å². The Morgan fingerprint density at radius 3 is 2.71 bits per heavy atom. The summed E-state index contributed by atoms with van der Waals surface area (Å²) in [4.78, 5) is 12.4. The van der Waals surface area contributed by atoms with Crippen molar-refractivity contribution in [3.05, 3.63) is 29.8 Å². The van der Waals surface area contributed by atoms with E-state index < -0.39 is 0 Å². The SMILES string of the molecule is CCNC1COCC1C(=O)N[C@H](C)c1ccc(OC)cc1. The van der Waals surface area contributed by atoms with Crippen molar-refractivity contribution >= 4 is 5.91 Å². The van der Waals surface area contributed by atoms with Gasteiger partial charge in [-0.15, -0.1) is 0 Å². The predicted molar refractivity (Wildman–Crippen MR) is 81.3 cm³/mol. The van der Waals surface area contributed by atoms with Crippen molar-refractivity contribution in [1.29, 1.82) is 0 Å². The van der Waals surface area contributed by atoms with E-state index in [2.05, 4.69) is 10.6 Å². The lowest BCUT2D eigenvalue weighted by atomic mass is 10.0. The molecule has 0 spiro atoms. The normalized spacial score (nSPS) is 22.8. The van der Waals surface area contributed by atoms with Crippen LogP contribution in [0.3, 0.4) is 0 Å². The third-order valence-corrected chi connectivity index (χ3v) is 3.86. The largest absolute Gasteiger partial charge is 0.497 e. The van der Waals surface area contributed by atoms with E-state index in [0.717, 1.165) is 17.9 Å². The van der Waals surface area contributed by atoms with Crippen LogP contribution in [-0.2, 0) is 9.53 Å². The number of ether oxygens (including phenoxy) is 2. The highest BCUT2D eigenvalue weighted by Crippen LogP contribution is 2.19. The molecule has 2 unspecified atom stereocenters. The lowest BCUT2D eigenvalue weighted by Gasteiger charge is -2.21. The van der Waals surface area contributed by atoms with Gasteiger partial charge < -0.3 is 20.1 Å². The van der Waals surface area contributed by atoms with Gasteiger partial charge in [-0.2, -0.15) is 0 Å². The van der Waals surface area contributed by atoms with Gasteiger partial charge in [0.25, 0.3) is 0 Å². The topological polar surface area (TPSA) is 59.6 Å². The van der Waals surface area contributed by atoms with Crippen LogP contribution < -0.4 is 15.4 Å². The molecule has 1 aromatic carbocycles. The van der Waals surface area contributed by atoms with E-state index in [1.165, 1.54) is 0 Å². The smallest absolute Gasteiger partial charge is 0.227 e. The van der Waals surface area contributed by atoms with Crippen LogP contribution in [0.1, 0.15) is 25.5 Å². The first-order valence-electron chi connectivity index (χ1n) is 7.41. The van der Waals surface area contributed by atoms with Gasteiger partial charge in [-0.3, -0.25) is 4.79 Å². The Balaban J connectivity index is 1.94. The number of hydrogen-bond acceptors (Lipinski definition) is 4. The molecule has 0 saturated carbocycles. The molecule has 1 aromatic rings. The second-order valence-electron chi connectivity index (χ2n) is 5.31. The highest BCUT2D eigenvalue weighted by atomic mass is 16.5. The van der Waals surface area contributed by atoms with Gasteiger partial charge in [-0.05, 0) is 31.2 Å². The first kappa shape index (κ1) is 15.8. The summed E-state index contributed by atoms with van der Waals surface area (Å²) < 4.78 is 10.6. The number of nitrogens with one attached hydrogen (secondary N) is 2. The van der Waals surface area contributed by atoms with Crippen molar-refractivity contribution in [2.24, 2.45) is 5.92 Å².